The first-order valence-corrected chi connectivity index (χ1v) is 9.50. The Bertz CT molecular complexity index is 1070. The quantitative estimate of drug-likeness (QED) is 0.626. The third kappa shape index (κ3) is 3.65. The van der Waals surface area contributed by atoms with Crippen molar-refractivity contribution in [3.8, 4) is 11.3 Å². The summed E-state index contributed by atoms with van der Waals surface area (Å²) in [6, 6.07) is 5.86. The maximum Gasteiger partial charge on any atom is 0.417 e. The Balaban J connectivity index is 1.88. The average molecular weight is 425 g/mol. The maximum absolute atomic E-state index is 13.8. The normalized spacial score (nSPS) is 15.1. The summed E-state index contributed by atoms with van der Waals surface area (Å²) in [5.74, 6) is -0.949. The van der Waals surface area contributed by atoms with Crippen LogP contribution in [-0.2, 0) is 10.9 Å². The van der Waals surface area contributed by atoms with Gasteiger partial charge in [-0.15, -0.1) is 11.3 Å². The van der Waals surface area contributed by atoms with E-state index in [1.807, 2.05) is 0 Å². The fraction of sp³-hybridized carbons (Fsp3) is 0.263. The number of alkyl halides is 3. The molecule has 152 valence electrons. The lowest BCUT2D eigenvalue weighted by atomic mass is 10.1. The van der Waals surface area contributed by atoms with Crippen molar-refractivity contribution in [2.75, 3.05) is 32.0 Å². The molecule has 3 aromatic rings. The SMILES string of the molecule is Nc1c(C(=O)N2CCOCC2)sc2nc(-c3ccc(F)cc3)cc(C(F)(F)F)c12. The van der Waals surface area contributed by atoms with Crippen molar-refractivity contribution in [1.82, 2.24) is 9.88 Å². The number of amides is 1. The number of rotatable bonds is 2. The molecule has 5 nitrogen and oxygen atoms in total. The lowest BCUT2D eigenvalue weighted by molar-refractivity contribution is -0.136. The second-order valence-electron chi connectivity index (χ2n) is 6.49. The van der Waals surface area contributed by atoms with E-state index in [2.05, 4.69) is 4.98 Å². The lowest BCUT2D eigenvalue weighted by Crippen LogP contribution is -2.40. The first-order valence-electron chi connectivity index (χ1n) is 8.69. The number of thiophene rings is 1. The first-order chi connectivity index (χ1) is 13.8. The molecule has 10 heteroatoms. The number of nitrogen functional groups attached to an aromatic ring is 1. The summed E-state index contributed by atoms with van der Waals surface area (Å²) in [6.07, 6.45) is -4.70. The Hall–Kier alpha value is -2.72. The minimum atomic E-state index is -4.70. The standard InChI is InChI=1S/C19H15F4N3O2S/c20-11-3-1-10(2-4-11)13-9-12(19(21,22)23)14-15(24)16(29-17(14)25-13)18(27)26-5-7-28-8-6-26/h1-4,9H,5-8,24H2. The lowest BCUT2D eigenvalue weighted by Gasteiger charge is -2.26. The molecular formula is C19H15F4N3O2S. The van der Waals surface area contributed by atoms with E-state index < -0.39 is 23.5 Å². The number of fused-ring (bicyclic) bond motifs is 1. The van der Waals surface area contributed by atoms with Crippen LogP contribution in [0.5, 0.6) is 0 Å². The molecule has 2 N–H and O–H groups in total. The van der Waals surface area contributed by atoms with E-state index in [1.54, 1.807) is 0 Å². The molecular weight excluding hydrogens is 410 g/mol. The number of carbonyl (C=O) groups excluding carboxylic acids is 1. The number of ether oxygens (including phenoxy) is 1. The van der Waals surface area contributed by atoms with Gasteiger partial charge < -0.3 is 15.4 Å². The molecule has 1 amide bonds. The highest BCUT2D eigenvalue weighted by Crippen LogP contribution is 2.43. The van der Waals surface area contributed by atoms with E-state index in [1.165, 1.54) is 17.0 Å². The zero-order valence-corrected chi connectivity index (χ0v) is 15.7. The second-order valence-corrected chi connectivity index (χ2v) is 7.49. The van der Waals surface area contributed by atoms with E-state index >= 15 is 0 Å². The fourth-order valence-electron chi connectivity index (χ4n) is 3.18. The van der Waals surface area contributed by atoms with Crippen LogP contribution in [0.1, 0.15) is 15.2 Å². The minimum absolute atomic E-state index is 0.00765. The molecule has 0 bridgehead atoms. The summed E-state index contributed by atoms with van der Waals surface area (Å²) in [6.45, 7) is 1.40. The number of nitrogens with zero attached hydrogens (tertiary/aromatic N) is 2. The predicted molar refractivity (Wildman–Crippen MR) is 101 cm³/mol. The van der Waals surface area contributed by atoms with Crippen molar-refractivity contribution >= 4 is 33.1 Å². The van der Waals surface area contributed by atoms with Crippen molar-refractivity contribution in [2.24, 2.45) is 0 Å². The largest absolute Gasteiger partial charge is 0.417 e. The van der Waals surface area contributed by atoms with Gasteiger partial charge in [0.25, 0.3) is 5.91 Å². The highest BCUT2D eigenvalue weighted by molar-refractivity contribution is 7.21. The minimum Gasteiger partial charge on any atom is -0.397 e. The van der Waals surface area contributed by atoms with Gasteiger partial charge in [0.15, 0.2) is 0 Å². The number of anilines is 1. The molecule has 1 fully saturated rings. The predicted octanol–water partition coefficient (Wildman–Crippen LogP) is 4.18. The van der Waals surface area contributed by atoms with Gasteiger partial charge in [-0.3, -0.25) is 4.79 Å². The Labute approximate surface area is 166 Å². The van der Waals surface area contributed by atoms with Gasteiger partial charge >= 0.3 is 6.18 Å². The number of hydrogen-bond acceptors (Lipinski definition) is 5. The fourth-order valence-corrected chi connectivity index (χ4v) is 4.27. The maximum atomic E-state index is 13.8. The third-order valence-corrected chi connectivity index (χ3v) is 5.72. The molecule has 1 aliphatic rings. The van der Waals surface area contributed by atoms with Gasteiger partial charge in [-0.2, -0.15) is 13.2 Å². The first kappa shape index (κ1) is 19.6. The molecule has 0 aliphatic carbocycles. The van der Waals surface area contributed by atoms with Crippen LogP contribution in [0.2, 0.25) is 0 Å². The summed E-state index contributed by atoms with van der Waals surface area (Å²) in [4.78, 5) is 18.6. The highest BCUT2D eigenvalue weighted by atomic mass is 32.1. The molecule has 1 aromatic carbocycles. The van der Waals surface area contributed by atoms with Crippen molar-refractivity contribution in [3.63, 3.8) is 0 Å². The van der Waals surface area contributed by atoms with Crippen molar-refractivity contribution < 1.29 is 27.1 Å². The van der Waals surface area contributed by atoms with Gasteiger partial charge in [-0.1, -0.05) is 0 Å². The van der Waals surface area contributed by atoms with Crippen LogP contribution in [0.15, 0.2) is 30.3 Å². The summed E-state index contributed by atoms with van der Waals surface area (Å²) >= 11 is 0.826. The molecule has 0 radical (unpaired) electrons. The Morgan fingerprint density at radius 3 is 2.45 bits per heavy atom. The monoisotopic (exact) mass is 425 g/mol. The number of halogens is 4. The van der Waals surface area contributed by atoms with Crippen molar-refractivity contribution in [2.45, 2.75) is 6.18 Å². The average Bonchev–Trinajstić information content (AvgIpc) is 3.03. The van der Waals surface area contributed by atoms with Gasteiger partial charge in [-0.05, 0) is 30.3 Å². The molecule has 2 aromatic heterocycles. The molecule has 0 unspecified atom stereocenters. The number of hydrogen-bond donors (Lipinski definition) is 1. The molecule has 29 heavy (non-hydrogen) atoms. The molecule has 3 heterocycles. The second kappa shape index (κ2) is 7.27. The van der Waals surface area contributed by atoms with E-state index in [0.29, 0.717) is 31.9 Å². The van der Waals surface area contributed by atoms with Crippen LogP contribution in [0.25, 0.3) is 21.5 Å². The summed E-state index contributed by atoms with van der Waals surface area (Å²) < 4.78 is 59.7. The van der Waals surface area contributed by atoms with Gasteiger partial charge in [0.2, 0.25) is 0 Å². The third-order valence-electron chi connectivity index (χ3n) is 4.64. The molecule has 0 spiro atoms. The topological polar surface area (TPSA) is 68.5 Å². The van der Waals surface area contributed by atoms with Crippen molar-refractivity contribution in [1.29, 1.82) is 0 Å². The molecule has 0 saturated carbocycles. The molecule has 4 rings (SSSR count). The van der Waals surface area contributed by atoms with Crippen LogP contribution in [0.4, 0.5) is 23.2 Å². The molecule has 1 aliphatic heterocycles. The zero-order chi connectivity index (χ0) is 20.8. The van der Waals surface area contributed by atoms with Crippen LogP contribution in [-0.4, -0.2) is 42.1 Å². The van der Waals surface area contributed by atoms with Gasteiger partial charge in [-0.25, -0.2) is 9.37 Å². The van der Waals surface area contributed by atoms with Crippen LogP contribution in [0, 0.1) is 5.82 Å². The van der Waals surface area contributed by atoms with Gasteiger partial charge in [0, 0.05) is 24.0 Å². The van der Waals surface area contributed by atoms with E-state index in [4.69, 9.17) is 10.5 Å². The van der Waals surface area contributed by atoms with E-state index in [-0.39, 0.29) is 26.5 Å². The number of morpholine rings is 1. The van der Waals surface area contributed by atoms with Crippen molar-refractivity contribution in [3.05, 3.63) is 46.6 Å². The highest BCUT2D eigenvalue weighted by Gasteiger charge is 2.37. The Morgan fingerprint density at radius 2 is 1.83 bits per heavy atom. The summed E-state index contributed by atoms with van der Waals surface area (Å²) in [5, 5.41) is -0.287. The number of carbonyl (C=O) groups is 1. The van der Waals surface area contributed by atoms with Crippen LogP contribution in [0.3, 0.4) is 0 Å². The zero-order valence-electron chi connectivity index (χ0n) is 14.9. The van der Waals surface area contributed by atoms with E-state index in [9.17, 15) is 22.4 Å². The van der Waals surface area contributed by atoms with Crippen LogP contribution < -0.4 is 5.73 Å². The number of nitrogens with two attached hydrogens (primary N) is 1. The number of aromatic nitrogens is 1. The van der Waals surface area contributed by atoms with Crippen LogP contribution >= 0.6 is 11.3 Å². The number of benzene rings is 1. The Morgan fingerprint density at radius 1 is 1.17 bits per heavy atom. The number of pyridine rings is 1. The smallest absolute Gasteiger partial charge is 0.397 e. The van der Waals surface area contributed by atoms with Gasteiger partial charge in [0.1, 0.15) is 15.5 Å². The Kier molecular flexibility index (Phi) is 4.91. The molecule has 0 atom stereocenters. The van der Waals surface area contributed by atoms with Gasteiger partial charge in [0.05, 0.1) is 30.2 Å². The summed E-state index contributed by atoms with van der Waals surface area (Å²) in [5.41, 5.74) is 5.14. The summed E-state index contributed by atoms with van der Waals surface area (Å²) in [7, 11) is 0. The van der Waals surface area contributed by atoms with E-state index in [0.717, 1.165) is 29.5 Å². The molecule has 1 saturated heterocycles.